The predicted molar refractivity (Wildman–Crippen MR) is 53.8 cm³/mol. The van der Waals surface area contributed by atoms with Crippen LogP contribution in [0.2, 0.25) is 0 Å². The maximum absolute atomic E-state index is 12.9. The summed E-state index contributed by atoms with van der Waals surface area (Å²) in [5.74, 6) is 0.340. The maximum atomic E-state index is 12.9. The Morgan fingerprint density at radius 1 is 1.46 bits per heavy atom. The van der Waals surface area contributed by atoms with Crippen molar-refractivity contribution in [1.29, 1.82) is 0 Å². The van der Waals surface area contributed by atoms with Crippen molar-refractivity contribution >= 4 is 15.9 Å². The van der Waals surface area contributed by atoms with Crippen LogP contribution in [0, 0.1) is 11.7 Å². The fourth-order valence-electron chi connectivity index (χ4n) is 1.48. The van der Waals surface area contributed by atoms with Gasteiger partial charge in [-0.25, -0.2) is 4.39 Å². The smallest absolute Gasteiger partial charge is 0.123 e. The average molecular weight is 244 g/mol. The summed E-state index contributed by atoms with van der Waals surface area (Å²) < 4.78 is 13.8. The summed E-state index contributed by atoms with van der Waals surface area (Å²) in [5, 5.41) is 0. The molecule has 1 saturated carbocycles. The van der Waals surface area contributed by atoms with Gasteiger partial charge in [0.1, 0.15) is 5.82 Å². The molecule has 0 aromatic heterocycles. The standard InChI is InChI=1S/C10H11BrFN/c11-9-4-3-7(12)5-8(9)10(13)6-1-2-6/h3-6,10H,1-2,13H2/t10-/m0/s1. The molecule has 13 heavy (non-hydrogen) atoms. The number of benzene rings is 1. The molecule has 0 radical (unpaired) electrons. The molecule has 3 heteroatoms. The molecule has 1 aromatic rings. The fraction of sp³-hybridized carbons (Fsp3) is 0.400. The summed E-state index contributed by atoms with van der Waals surface area (Å²) in [6.45, 7) is 0. The highest BCUT2D eigenvalue weighted by Gasteiger charge is 2.30. The van der Waals surface area contributed by atoms with Crippen LogP contribution in [0.3, 0.4) is 0 Å². The molecule has 1 fully saturated rings. The molecule has 1 aromatic carbocycles. The van der Waals surface area contributed by atoms with E-state index in [4.69, 9.17) is 5.73 Å². The Morgan fingerprint density at radius 2 is 2.15 bits per heavy atom. The highest BCUT2D eigenvalue weighted by Crippen LogP contribution is 2.41. The predicted octanol–water partition coefficient (Wildman–Crippen LogP) is 3.00. The zero-order valence-electron chi connectivity index (χ0n) is 7.13. The molecular weight excluding hydrogens is 233 g/mol. The van der Waals surface area contributed by atoms with Crippen LogP contribution in [0.4, 0.5) is 4.39 Å². The van der Waals surface area contributed by atoms with Gasteiger partial charge in [-0.3, -0.25) is 0 Å². The van der Waals surface area contributed by atoms with E-state index in [1.807, 2.05) is 0 Å². The van der Waals surface area contributed by atoms with Gasteiger partial charge in [0.15, 0.2) is 0 Å². The molecule has 1 nitrogen and oxygen atoms in total. The molecule has 0 aliphatic heterocycles. The van der Waals surface area contributed by atoms with Crippen LogP contribution >= 0.6 is 15.9 Å². The third-order valence-corrected chi connectivity index (χ3v) is 3.17. The normalized spacial score (nSPS) is 18.7. The zero-order valence-corrected chi connectivity index (χ0v) is 8.72. The van der Waals surface area contributed by atoms with E-state index >= 15 is 0 Å². The van der Waals surface area contributed by atoms with Crippen molar-refractivity contribution in [3.05, 3.63) is 34.1 Å². The summed E-state index contributed by atoms with van der Waals surface area (Å²) >= 11 is 3.38. The monoisotopic (exact) mass is 243 g/mol. The van der Waals surface area contributed by atoms with E-state index in [1.54, 1.807) is 6.07 Å². The molecule has 1 aliphatic rings. The van der Waals surface area contributed by atoms with Crippen molar-refractivity contribution in [2.45, 2.75) is 18.9 Å². The second kappa shape index (κ2) is 3.39. The molecule has 1 atom stereocenters. The van der Waals surface area contributed by atoms with Gasteiger partial charge in [-0.15, -0.1) is 0 Å². The van der Waals surface area contributed by atoms with Crippen molar-refractivity contribution in [3.63, 3.8) is 0 Å². The Hall–Kier alpha value is -0.410. The van der Waals surface area contributed by atoms with Crippen LogP contribution in [0.5, 0.6) is 0 Å². The third-order valence-electron chi connectivity index (χ3n) is 2.45. The molecule has 0 heterocycles. The lowest BCUT2D eigenvalue weighted by molar-refractivity contribution is 0.599. The van der Waals surface area contributed by atoms with E-state index < -0.39 is 0 Å². The van der Waals surface area contributed by atoms with E-state index in [1.165, 1.54) is 25.0 Å². The molecule has 2 rings (SSSR count). The van der Waals surface area contributed by atoms with E-state index in [9.17, 15) is 4.39 Å². The van der Waals surface area contributed by atoms with Gasteiger partial charge < -0.3 is 5.73 Å². The topological polar surface area (TPSA) is 26.0 Å². The van der Waals surface area contributed by atoms with Crippen molar-refractivity contribution < 1.29 is 4.39 Å². The van der Waals surface area contributed by atoms with Gasteiger partial charge in [0, 0.05) is 10.5 Å². The first-order valence-electron chi connectivity index (χ1n) is 4.39. The Balaban J connectivity index is 2.31. The minimum absolute atomic E-state index is 0.00919. The van der Waals surface area contributed by atoms with Crippen LogP contribution < -0.4 is 5.73 Å². The summed E-state index contributed by atoms with van der Waals surface area (Å²) in [5.41, 5.74) is 6.86. The first-order chi connectivity index (χ1) is 6.18. The zero-order chi connectivity index (χ0) is 9.42. The quantitative estimate of drug-likeness (QED) is 0.850. The van der Waals surface area contributed by atoms with Gasteiger partial charge in [0.25, 0.3) is 0 Å². The minimum atomic E-state index is -0.214. The van der Waals surface area contributed by atoms with Gasteiger partial charge in [0.2, 0.25) is 0 Å². The molecule has 0 bridgehead atoms. The van der Waals surface area contributed by atoms with E-state index in [-0.39, 0.29) is 11.9 Å². The second-order valence-corrected chi connectivity index (χ2v) is 4.38. The summed E-state index contributed by atoms with van der Waals surface area (Å²) in [6.07, 6.45) is 2.34. The number of rotatable bonds is 2. The first-order valence-corrected chi connectivity index (χ1v) is 5.18. The lowest BCUT2D eigenvalue weighted by Gasteiger charge is -2.12. The molecule has 0 amide bonds. The molecule has 70 valence electrons. The van der Waals surface area contributed by atoms with Gasteiger partial charge in [-0.05, 0) is 42.5 Å². The summed E-state index contributed by atoms with van der Waals surface area (Å²) in [7, 11) is 0. The van der Waals surface area contributed by atoms with Gasteiger partial charge in [-0.1, -0.05) is 15.9 Å². The molecule has 2 N–H and O–H groups in total. The Morgan fingerprint density at radius 3 is 2.77 bits per heavy atom. The van der Waals surface area contributed by atoms with Crippen molar-refractivity contribution in [2.75, 3.05) is 0 Å². The van der Waals surface area contributed by atoms with E-state index in [2.05, 4.69) is 15.9 Å². The average Bonchev–Trinajstić information content (AvgIpc) is 2.91. The first kappa shape index (κ1) is 9.16. The van der Waals surface area contributed by atoms with Gasteiger partial charge in [-0.2, -0.15) is 0 Å². The highest BCUT2D eigenvalue weighted by molar-refractivity contribution is 9.10. The van der Waals surface area contributed by atoms with Crippen molar-refractivity contribution in [1.82, 2.24) is 0 Å². The van der Waals surface area contributed by atoms with Crippen molar-refractivity contribution in [2.24, 2.45) is 11.7 Å². The number of nitrogens with two attached hydrogens (primary N) is 1. The third kappa shape index (κ3) is 1.92. The number of halogens is 2. The Labute approximate surface area is 85.3 Å². The lowest BCUT2D eigenvalue weighted by Crippen LogP contribution is -2.13. The summed E-state index contributed by atoms with van der Waals surface area (Å²) in [4.78, 5) is 0. The Bertz CT molecular complexity index is 323. The van der Waals surface area contributed by atoms with Gasteiger partial charge >= 0.3 is 0 Å². The molecule has 0 saturated heterocycles. The molecule has 0 unspecified atom stereocenters. The molecule has 1 aliphatic carbocycles. The van der Waals surface area contributed by atoms with Crippen LogP contribution in [0.1, 0.15) is 24.4 Å². The highest BCUT2D eigenvalue weighted by atomic mass is 79.9. The molecular formula is C10H11BrFN. The van der Waals surface area contributed by atoms with Crippen LogP contribution in [-0.4, -0.2) is 0 Å². The number of hydrogen-bond acceptors (Lipinski definition) is 1. The van der Waals surface area contributed by atoms with Crippen LogP contribution in [0.25, 0.3) is 0 Å². The van der Waals surface area contributed by atoms with Crippen LogP contribution in [0.15, 0.2) is 22.7 Å². The van der Waals surface area contributed by atoms with Crippen LogP contribution in [-0.2, 0) is 0 Å². The largest absolute Gasteiger partial charge is 0.324 e. The fourth-order valence-corrected chi connectivity index (χ4v) is 1.99. The molecule has 0 spiro atoms. The second-order valence-electron chi connectivity index (χ2n) is 3.53. The Kier molecular flexibility index (Phi) is 2.39. The SMILES string of the molecule is N[C@H](c1cc(F)ccc1Br)C1CC1. The minimum Gasteiger partial charge on any atom is -0.324 e. The van der Waals surface area contributed by atoms with E-state index in [0.29, 0.717) is 5.92 Å². The summed E-state index contributed by atoms with van der Waals surface area (Å²) in [6, 6.07) is 4.66. The lowest BCUT2D eigenvalue weighted by atomic mass is 10.0. The maximum Gasteiger partial charge on any atom is 0.123 e. The number of hydrogen-bond donors (Lipinski definition) is 1. The van der Waals surface area contributed by atoms with Crippen molar-refractivity contribution in [3.8, 4) is 0 Å². The van der Waals surface area contributed by atoms with E-state index in [0.717, 1.165) is 10.0 Å². The van der Waals surface area contributed by atoms with Gasteiger partial charge in [0.05, 0.1) is 0 Å².